The first-order valence-electron chi connectivity index (χ1n) is 8.08. The molecule has 2 rings (SSSR count). The minimum Gasteiger partial charge on any atom is -0.315 e. The van der Waals surface area contributed by atoms with E-state index in [-0.39, 0.29) is 5.54 Å². The van der Waals surface area contributed by atoms with E-state index in [1.54, 1.807) is 0 Å². The number of nitrogens with one attached hydrogen (secondary N) is 1. The van der Waals surface area contributed by atoms with Crippen LogP contribution in [0.1, 0.15) is 51.4 Å². The Bertz CT molecular complexity index is 396. The van der Waals surface area contributed by atoms with E-state index in [9.17, 15) is 8.42 Å². The number of hydrogen-bond acceptors (Lipinski definition) is 4. The Labute approximate surface area is 124 Å². The molecule has 20 heavy (non-hydrogen) atoms. The lowest BCUT2D eigenvalue weighted by Crippen LogP contribution is -2.60. The van der Waals surface area contributed by atoms with Gasteiger partial charge in [0.1, 0.15) is 9.84 Å². The van der Waals surface area contributed by atoms with Crippen molar-refractivity contribution >= 4 is 9.84 Å². The van der Waals surface area contributed by atoms with Crippen LogP contribution in [0.15, 0.2) is 0 Å². The summed E-state index contributed by atoms with van der Waals surface area (Å²) in [5.74, 6) is 0.300. The molecule has 1 aliphatic carbocycles. The number of nitrogens with zero attached hydrogens (tertiary/aromatic N) is 1. The van der Waals surface area contributed by atoms with Crippen molar-refractivity contribution in [3.05, 3.63) is 0 Å². The van der Waals surface area contributed by atoms with Gasteiger partial charge in [-0.05, 0) is 52.2 Å². The monoisotopic (exact) mass is 302 g/mol. The molecule has 1 atom stereocenters. The molecule has 0 aromatic carbocycles. The highest BCUT2D eigenvalue weighted by Crippen LogP contribution is 2.40. The number of sulfone groups is 1. The van der Waals surface area contributed by atoms with Gasteiger partial charge >= 0.3 is 0 Å². The SMILES string of the molecule is CNC(CCS(C)(=O)=O)C1(N2CCCCC2)CCCC1. The Morgan fingerprint density at radius 1 is 1.10 bits per heavy atom. The number of piperidine rings is 1. The molecular weight excluding hydrogens is 272 g/mol. The average Bonchev–Trinajstić information content (AvgIpc) is 2.90. The highest BCUT2D eigenvalue weighted by molar-refractivity contribution is 7.90. The summed E-state index contributed by atoms with van der Waals surface area (Å²) in [6, 6.07) is 0.304. The predicted molar refractivity (Wildman–Crippen MR) is 83.8 cm³/mol. The molecule has 1 unspecified atom stereocenters. The lowest BCUT2D eigenvalue weighted by Gasteiger charge is -2.48. The van der Waals surface area contributed by atoms with Crippen molar-refractivity contribution in [2.24, 2.45) is 0 Å². The normalized spacial score (nSPS) is 25.7. The Morgan fingerprint density at radius 2 is 1.70 bits per heavy atom. The number of rotatable bonds is 6. The van der Waals surface area contributed by atoms with Gasteiger partial charge in [0.2, 0.25) is 0 Å². The van der Waals surface area contributed by atoms with Crippen molar-refractivity contribution < 1.29 is 8.42 Å². The molecule has 0 bridgehead atoms. The summed E-state index contributed by atoms with van der Waals surface area (Å²) in [5.41, 5.74) is 0.208. The second kappa shape index (κ2) is 6.75. The first-order chi connectivity index (χ1) is 9.48. The molecule has 1 heterocycles. The van der Waals surface area contributed by atoms with Crippen LogP contribution >= 0.6 is 0 Å². The van der Waals surface area contributed by atoms with Crippen LogP contribution in [0, 0.1) is 0 Å². The summed E-state index contributed by atoms with van der Waals surface area (Å²) in [7, 11) is -0.878. The van der Waals surface area contributed by atoms with Gasteiger partial charge in [-0.2, -0.15) is 0 Å². The zero-order valence-corrected chi connectivity index (χ0v) is 13.8. The number of likely N-dealkylation sites (tertiary alicyclic amines) is 1. The summed E-state index contributed by atoms with van der Waals surface area (Å²) in [4.78, 5) is 2.67. The van der Waals surface area contributed by atoms with Crippen LogP contribution in [0.2, 0.25) is 0 Å². The maximum atomic E-state index is 11.5. The lowest BCUT2D eigenvalue weighted by atomic mass is 9.83. The van der Waals surface area contributed by atoms with Gasteiger partial charge in [-0.1, -0.05) is 19.3 Å². The van der Waals surface area contributed by atoms with Gasteiger partial charge in [-0.25, -0.2) is 8.42 Å². The molecule has 0 aromatic heterocycles. The maximum absolute atomic E-state index is 11.5. The van der Waals surface area contributed by atoms with Crippen LogP contribution in [0.3, 0.4) is 0 Å². The summed E-state index contributed by atoms with van der Waals surface area (Å²) in [5, 5.41) is 3.45. The van der Waals surface area contributed by atoms with Gasteiger partial charge < -0.3 is 5.32 Å². The molecular formula is C15H30N2O2S. The fourth-order valence-electron chi connectivity index (χ4n) is 4.23. The molecule has 118 valence electrons. The second-order valence-electron chi connectivity index (χ2n) is 6.62. The lowest BCUT2D eigenvalue weighted by molar-refractivity contribution is 0.0380. The third-order valence-electron chi connectivity index (χ3n) is 5.23. The Balaban J connectivity index is 2.11. The molecule has 1 aliphatic heterocycles. The molecule has 5 heteroatoms. The van der Waals surface area contributed by atoms with E-state index in [0.717, 1.165) is 6.42 Å². The Kier molecular flexibility index (Phi) is 5.49. The fraction of sp³-hybridized carbons (Fsp3) is 1.00. The first-order valence-corrected chi connectivity index (χ1v) is 10.1. The molecule has 1 N–H and O–H groups in total. The number of hydrogen-bond donors (Lipinski definition) is 1. The van der Waals surface area contributed by atoms with Crippen molar-refractivity contribution in [3.8, 4) is 0 Å². The summed E-state index contributed by atoms with van der Waals surface area (Å²) >= 11 is 0. The van der Waals surface area contributed by atoms with Crippen molar-refractivity contribution in [2.45, 2.75) is 62.9 Å². The van der Waals surface area contributed by atoms with Gasteiger partial charge in [0.05, 0.1) is 5.75 Å². The van der Waals surface area contributed by atoms with Crippen LogP contribution in [-0.4, -0.2) is 57.0 Å². The molecule has 0 aromatic rings. The predicted octanol–water partition coefficient (Wildman–Crippen LogP) is 1.81. The van der Waals surface area contributed by atoms with E-state index in [1.165, 1.54) is 64.3 Å². The minimum absolute atomic E-state index is 0.208. The van der Waals surface area contributed by atoms with Crippen LogP contribution in [-0.2, 0) is 9.84 Å². The van der Waals surface area contributed by atoms with Crippen molar-refractivity contribution in [1.29, 1.82) is 0 Å². The van der Waals surface area contributed by atoms with Gasteiger partial charge in [0.25, 0.3) is 0 Å². The molecule has 0 radical (unpaired) electrons. The Morgan fingerprint density at radius 3 is 2.20 bits per heavy atom. The van der Waals surface area contributed by atoms with Crippen molar-refractivity contribution in [1.82, 2.24) is 10.2 Å². The third-order valence-corrected chi connectivity index (χ3v) is 6.21. The van der Waals surface area contributed by atoms with Gasteiger partial charge in [0, 0.05) is 17.8 Å². The van der Waals surface area contributed by atoms with E-state index in [4.69, 9.17) is 0 Å². The minimum atomic E-state index is -2.87. The van der Waals surface area contributed by atoms with Gasteiger partial charge in [0.15, 0.2) is 0 Å². The highest BCUT2D eigenvalue weighted by Gasteiger charge is 2.45. The zero-order chi connectivity index (χ0) is 14.6. The Hall–Kier alpha value is -0.130. The summed E-state index contributed by atoms with van der Waals surface area (Å²) in [6.45, 7) is 2.38. The van der Waals surface area contributed by atoms with Gasteiger partial charge in [-0.15, -0.1) is 0 Å². The van der Waals surface area contributed by atoms with Crippen LogP contribution < -0.4 is 5.32 Å². The third kappa shape index (κ3) is 3.74. The fourth-order valence-corrected chi connectivity index (χ4v) is 4.89. The smallest absolute Gasteiger partial charge is 0.147 e. The van der Waals surface area contributed by atoms with Crippen LogP contribution in [0.25, 0.3) is 0 Å². The molecule has 2 aliphatic rings. The molecule has 0 spiro atoms. The topological polar surface area (TPSA) is 49.4 Å². The van der Waals surface area contributed by atoms with Gasteiger partial charge in [-0.3, -0.25) is 4.90 Å². The largest absolute Gasteiger partial charge is 0.315 e. The van der Waals surface area contributed by atoms with Crippen molar-refractivity contribution in [3.63, 3.8) is 0 Å². The van der Waals surface area contributed by atoms with Crippen LogP contribution in [0.4, 0.5) is 0 Å². The molecule has 2 fully saturated rings. The zero-order valence-electron chi connectivity index (χ0n) is 13.0. The molecule has 0 amide bonds. The maximum Gasteiger partial charge on any atom is 0.147 e. The quantitative estimate of drug-likeness (QED) is 0.813. The molecule has 1 saturated carbocycles. The van der Waals surface area contributed by atoms with Crippen molar-refractivity contribution in [2.75, 3.05) is 32.1 Å². The first kappa shape index (κ1) is 16.2. The van der Waals surface area contributed by atoms with E-state index >= 15 is 0 Å². The highest BCUT2D eigenvalue weighted by atomic mass is 32.2. The van der Waals surface area contributed by atoms with E-state index < -0.39 is 9.84 Å². The second-order valence-corrected chi connectivity index (χ2v) is 8.88. The van der Waals surface area contributed by atoms with E-state index in [1.807, 2.05) is 7.05 Å². The average molecular weight is 302 g/mol. The standard InChI is InChI=1S/C15H30N2O2S/c1-16-14(8-13-20(2,18)19)15(9-4-5-10-15)17-11-6-3-7-12-17/h14,16H,3-13H2,1-2H3. The molecule has 4 nitrogen and oxygen atoms in total. The summed E-state index contributed by atoms with van der Waals surface area (Å²) < 4.78 is 23.0. The van der Waals surface area contributed by atoms with Crippen LogP contribution in [0.5, 0.6) is 0 Å². The number of likely N-dealkylation sites (N-methyl/N-ethyl adjacent to an activating group) is 1. The van der Waals surface area contributed by atoms with E-state index in [2.05, 4.69) is 10.2 Å². The molecule has 1 saturated heterocycles. The van der Waals surface area contributed by atoms with E-state index in [0.29, 0.717) is 11.8 Å². The summed E-state index contributed by atoms with van der Waals surface area (Å²) in [6.07, 6.45) is 11.0.